The van der Waals surface area contributed by atoms with E-state index in [9.17, 15) is 0 Å². The van der Waals surface area contributed by atoms with E-state index in [-0.39, 0.29) is 0 Å². The van der Waals surface area contributed by atoms with Gasteiger partial charge >= 0.3 is 0 Å². The number of nitrogens with zero attached hydrogens (tertiary/aromatic N) is 1. The molecule has 0 radical (unpaired) electrons. The quantitative estimate of drug-likeness (QED) is 0.443. The first-order valence-corrected chi connectivity index (χ1v) is 10.4. The lowest BCUT2D eigenvalue weighted by molar-refractivity contribution is 0.354. The number of aliphatic imine (C=N–C) groups is 1. The van der Waals surface area contributed by atoms with Crippen LogP contribution < -0.4 is 20.1 Å². The van der Waals surface area contributed by atoms with E-state index < -0.39 is 0 Å². The van der Waals surface area contributed by atoms with Crippen molar-refractivity contribution in [1.82, 2.24) is 0 Å². The standard InChI is InChI=1S/C15H17N3.C9H12O2.C2H6/c1-16-13-8-4-3-7-12(13)11-18-15-10-6-5-9-14(15)17-2;1-7-4-5-8(10-2)9(6-7)11-3;1-2/h3-11,16-17H,1-2H3;4-6H,1-3H3;1-2H3. The minimum atomic E-state index is 0.776. The summed E-state index contributed by atoms with van der Waals surface area (Å²) in [4.78, 5) is 4.53. The topological polar surface area (TPSA) is 54.9 Å². The van der Waals surface area contributed by atoms with E-state index in [0.717, 1.165) is 34.1 Å². The Morgan fingerprint density at radius 3 is 1.94 bits per heavy atom. The number of hydrogen-bond acceptors (Lipinski definition) is 5. The molecule has 2 N–H and O–H groups in total. The number of hydrogen-bond donors (Lipinski definition) is 2. The van der Waals surface area contributed by atoms with E-state index in [1.165, 1.54) is 5.56 Å². The van der Waals surface area contributed by atoms with Crippen molar-refractivity contribution < 1.29 is 9.47 Å². The Bertz CT molecular complexity index is 890. The molecule has 0 bridgehead atoms. The zero-order chi connectivity index (χ0) is 23.1. The second-order valence-electron chi connectivity index (χ2n) is 6.22. The van der Waals surface area contributed by atoms with Crippen LogP contribution in [0, 0.1) is 6.92 Å². The molecule has 0 aliphatic carbocycles. The summed E-state index contributed by atoms with van der Waals surface area (Å²) in [6.45, 7) is 6.02. The summed E-state index contributed by atoms with van der Waals surface area (Å²) < 4.78 is 10.2. The zero-order valence-corrected chi connectivity index (χ0v) is 19.7. The number of anilines is 2. The lowest BCUT2D eigenvalue weighted by atomic mass is 10.2. The van der Waals surface area contributed by atoms with Gasteiger partial charge in [0.1, 0.15) is 0 Å². The molecule has 0 saturated heterocycles. The molecule has 0 fully saturated rings. The summed E-state index contributed by atoms with van der Waals surface area (Å²) in [5.74, 6) is 1.56. The minimum Gasteiger partial charge on any atom is -0.493 e. The number of nitrogens with one attached hydrogen (secondary N) is 2. The number of benzene rings is 3. The Morgan fingerprint density at radius 1 is 0.742 bits per heavy atom. The number of aryl methyl sites for hydroxylation is 1. The predicted octanol–water partition coefficient (Wildman–Crippen LogP) is 6.56. The number of para-hydroxylation sites is 3. The van der Waals surface area contributed by atoms with E-state index >= 15 is 0 Å². The maximum atomic E-state index is 5.09. The van der Waals surface area contributed by atoms with Crippen molar-refractivity contribution >= 4 is 23.3 Å². The van der Waals surface area contributed by atoms with E-state index in [1.807, 2.05) is 108 Å². The molecule has 0 heterocycles. The molecule has 0 unspecified atom stereocenters. The molecule has 0 amide bonds. The summed E-state index contributed by atoms with van der Waals surface area (Å²) in [7, 11) is 7.08. The Labute approximate surface area is 187 Å². The van der Waals surface area contributed by atoms with E-state index in [1.54, 1.807) is 14.2 Å². The number of methoxy groups -OCH3 is 2. The smallest absolute Gasteiger partial charge is 0.160 e. The maximum Gasteiger partial charge on any atom is 0.160 e. The average Bonchev–Trinajstić information content (AvgIpc) is 2.84. The Morgan fingerprint density at radius 2 is 1.32 bits per heavy atom. The van der Waals surface area contributed by atoms with Crippen molar-refractivity contribution in [2.75, 3.05) is 38.9 Å². The molecule has 5 nitrogen and oxygen atoms in total. The van der Waals surface area contributed by atoms with Gasteiger partial charge in [-0.25, -0.2) is 0 Å². The molecular formula is C26H35N3O2. The van der Waals surface area contributed by atoms with Crippen LogP contribution >= 0.6 is 0 Å². The maximum absolute atomic E-state index is 5.09. The highest BCUT2D eigenvalue weighted by molar-refractivity contribution is 5.90. The predicted molar refractivity (Wildman–Crippen MR) is 135 cm³/mol. The third kappa shape index (κ3) is 8.05. The molecule has 0 atom stereocenters. The van der Waals surface area contributed by atoms with Crippen LogP contribution in [0.4, 0.5) is 17.1 Å². The molecule has 0 aliphatic heterocycles. The van der Waals surface area contributed by atoms with Gasteiger partial charge in [0.15, 0.2) is 11.5 Å². The van der Waals surface area contributed by atoms with E-state index in [0.29, 0.717) is 0 Å². The first kappa shape index (κ1) is 25.6. The minimum absolute atomic E-state index is 0.776. The Kier molecular flexibility index (Phi) is 12.0. The van der Waals surface area contributed by atoms with Gasteiger partial charge in [0, 0.05) is 31.6 Å². The zero-order valence-electron chi connectivity index (χ0n) is 19.7. The highest BCUT2D eigenvalue weighted by Gasteiger charge is 2.01. The molecular weight excluding hydrogens is 386 g/mol. The van der Waals surface area contributed by atoms with Gasteiger partial charge in [0.2, 0.25) is 0 Å². The van der Waals surface area contributed by atoms with Crippen LogP contribution in [-0.4, -0.2) is 34.5 Å². The molecule has 0 aliphatic rings. The van der Waals surface area contributed by atoms with Crippen LogP contribution in [0.1, 0.15) is 25.0 Å². The van der Waals surface area contributed by atoms with Crippen molar-refractivity contribution in [1.29, 1.82) is 0 Å². The fourth-order valence-corrected chi connectivity index (χ4v) is 2.72. The first-order valence-electron chi connectivity index (χ1n) is 10.4. The molecule has 31 heavy (non-hydrogen) atoms. The summed E-state index contributed by atoms with van der Waals surface area (Å²) >= 11 is 0. The van der Waals surface area contributed by atoms with Gasteiger partial charge < -0.3 is 20.1 Å². The Hall–Kier alpha value is -3.47. The summed E-state index contributed by atoms with van der Waals surface area (Å²) in [6, 6.07) is 21.9. The summed E-state index contributed by atoms with van der Waals surface area (Å²) in [5.41, 5.74) is 5.28. The summed E-state index contributed by atoms with van der Waals surface area (Å²) in [5, 5.41) is 6.28. The van der Waals surface area contributed by atoms with Crippen molar-refractivity contribution in [3.05, 3.63) is 77.9 Å². The summed E-state index contributed by atoms with van der Waals surface area (Å²) in [6.07, 6.45) is 1.88. The van der Waals surface area contributed by atoms with Gasteiger partial charge in [-0.15, -0.1) is 0 Å². The largest absolute Gasteiger partial charge is 0.493 e. The van der Waals surface area contributed by atoms with Crippen molar-refractivity contribution in [3.8, 4) is 11.5 Å². The first-order chi connectivity index (χ1) is 15.1. The van der Waals surface area contributed by atoms with Gasteiger partial charge in [0.05, 0.1) is 25.6 Å². The molecule has 3 aromatic rings. The number of rotatable bonds is 6. The SMILES string of the molecule is CC.CNc1ccccc1C=Nc1ccccc1NC.COc1ccc(C)cc1OC. The van der Waals surface area contributed by atoms with Crippen LogP contribution in [0.25, 0.3) is 0 Å². The van der Waals surface area contributed by atoms with Crippen molar-refractivity contribution in [3.63, 3.8) is 0 Å². The molecule has 3 aromatic carbocycles. The molecule has 0 saturated carbocycles. The highest BCUT2D eigenvalue weighted by Crippen LogP contribution is 2.27. The van der Waals surface area contributed by atoms with Gasteiger partial charge in [-0.05, 0) is 42.8 Å². The van der Waals surface area contributed by atoms with Crippen LogP contribution in [0.3, 0.4) is 0 Å². The Balaban J connectivity index is 0.000000317. The van der Waals surface area contributed by atoms with Crippen LogP contribution in [0.2, 0.25) is 0 Å². The lowest BCUT2D eigenvalue weighted by Gasteiger charge is -2.06. The van der Waals surface area contributed by atoms with Gasteiger partial charge in [-0.1, -0.05) is 50.2 Å². The van der Waals surface area contributed by atoms with Gasteiger partial charge in [-0.3, -0.25) is 4.99 Å². The van der Waals surface area contributed by atoms with Gasteiger partial charge in [0.25, 0.3) is 0 Å². The number of ether oxygens (including phenoxy) is 2. The fraction of sp³-hybridized carbons (Fsp3) is 0.269. The van der Waals surface area contributed by atoms with Gasteiger partial charge in [-0.2, -0.15) is 0 Å². The second-order valence-corrected chi connectivity index (χ2v) is 6.22. The third-order valence-corrected chi connectivity index (χ3v) is 4.29. The van der Waals surface area contributed by atoms with Crippen molar-refractivity contribution in [2.45, 2.75) is 20.8 Å². The molecule has 0 spiro atoms. The van der Waals surface area contributed by atoms with E-state index in [2.05, 4.69) is 15.6 Å². The molecule has 5 heteroatoms. The third-order valence-electron chi connectivity index (χ3n) is 4.29. The van der Waals surface area contributed by atoms with E-state index in [4.69, 9.17) is 9.47 Å². The molecule has 3 rings (SSSR count). The highest BCUT2D eigenvalue weighted by atomic mass is 16.5. The molecule has 166 valence electrons. The second kappa shape index (κ2) is 14.5. The van der Waals surface area contributed by atoms with Crippen LogP contribution in [0.15, 0.2) is 71.7 Å². The van der Waals surface area contributed by atoms with Crippen molar-refractivity contribution in [2.24, 2.45) is 4.99 Å². The normalized spacial score (nSPS) is 9.65. The molecule has 0 aromatic heterocycles. The monoisotopic (exact) mass is 421 g/mol. The fourth-order valence-electron chi connectivity index (χ4n) is 2.72. The average molecular weight is 422 g/mol. The lowest BCUT2D eigenvalue weighted by Crippen LogP contribution is -1.94. The van der Waals surface area contributed by atoms with Crippen LogP contribution in [-0.2, 0) is 0 Å². The van der Waals surface area contributed by atoms with Crippen LogP contribution in [0.5, 0.6) is 11.5 Å².